The molecule has 6 heteroatoms. The van der Waals surface area contributed by atoms with E-state index in [1.54, 1.807) is 12.1 Å². The van der Waals surface area contributed by atoms with Crippen LogP contribution in [0.5, 0.6) is 5.75 Å². The lowest BCUT2D eigenvalue weighted by Gasteiger charge is -2.11. The minimum absolute atomic E-state index is 0.0774. The lowest BCUT2D eigenvalue weighted by molar-refractivity contribution is -0.189. The van der Waals surface area contributed by atoms with E-state index in [0.717, 1.165) is 11.1 Å². The molecular weight excluding hydrogens is 396 g/mol. The van der Waals surface area contributed by atoms with Gasteiger partial charge in [-0.3, -0.25) is 0 Å². The van der Waals surface area contributed by atoms with Gasteiger partial charge in [0.05, 0.1) is 3.57 Å². The molecule has 2 rings (SSSR count). The molecule has 21 heavy (non-hydrogen) atoms. The van der Waals surface area contributed by atoms with E-state index < -0.39 is 12.1 Å². The van der Waals surface area contributed by atoms with Gasteiger partial charge in [0.1, 0.15) is 5.75 Å². The van der Waals surface area contributed by atoms with Gasteiger partial charge in [0, 0.05) is 0 Å². The standard InChI is InChI=1S/C15H10F3IO2/c16-15(17,18)14(20)21-12-8-4-7-11(13(12)19)9-10-5-2-1-3-6-10/h1-8H,9H2. The maximum absolute atomic E-state index is 12.2. The van der Waals surface area contributed by atoms with Crippen molar-refractivity contribution < 1.29 is 22.7 Å². The molecule has 0 saturated heterocycles. The summed E-state index contributed by atoms with van der Waals surface area (Å²) in [6.45, 7) is 0. The fraction of sp³-hybridized carbons (Fsp3) is 0.133. The Morgan fingerprint density at radius 3 is 2.33 bits per heavy atom. The van der Waals surface area contributed by atoms with Crippen LogP contribution in [0.25, 0.3) is 0 Å². The van der Waals surface area contributed by atoms with Crippen LogP contribution in [0, 0.1) is 3.57 Å². The normalized spacial score (nSPS) is 11.2. The smallest absolute Gasteiger partial charge is 0.419 e. The van der Waals surface area contributed by atoms with Crippen molar-refractivity contribution in [2.45, 2.75) is 12.6 Å². The van der Waals surface area contributed by atoms with Gasteiger partial charge >= 0.3 is 12.1 Å². The number of carbonyl (C=O) groups is 1. The Bertz CT molecular complexity index is 639. The van der Waals surface area contributed by atoms with E-state index in [9.17, 15) is 18.0 Å². The van der Waals surface area contributed by atoms with Crippen LogP contribution >= 0.6 is 22.6 Å². The number of hydrogen-bond acceptors (Lipinski definition) is 2. The van der Waals surface area contributed by atoms with Crippen LogP contribution in [-0.2, 0) is 11.2 Å². The fourth-order valence-electron chi connectivity index (χ4n) is 1.75. The van der Waals surface area contributed by atoms with Gasteiger partial charge in [-0.2, -0.15) is 13.2 Å². The first-order chi connectivity index (χ1) is 9.88. The molecule has 0 amide bonds. The maximum atomic E-state index is 12.2. The summed E-state index contributed by atoms with van der Waals surface area (Å²) in [6, 6.07) is 14.2. The first kappa shape index (κ1) is 15.8. The maximum Gasteiger partial charge on any atom is 0.491 e. The van der Waals surface area contributed by atoms with E-state index in [0.29, 0.717) is 9.99 Å². The molecule has 0 radical (unpaired) electrons. The largest absolute Gasteiger partial charge is 0.491 e. The Hall–Kier alpha value is -1.57. The van der Waals surface area contributed by atoms with Gasteiger partial charge in [0.25, 0.3) is 0 Å². The van der Waals surface area contributed by atoms with Gasteiger partial charge in [-0.25, -0.2) is 4.79 Å². The fourth-order valence-corrected chi connectivity index (χ4v) is 2.41. The number of rotatable bonds is 3. The molecule has 0 aromatic heterocycles. The summed E-state index contributed by atoms with van der Waals surface area (Å²) in [6.07, 6.45) is -4.45. The van der Waals surface area contributed by atoms with Crippen molar-refractivity contribution in [3.05, 3.63) is 63.2 Å². The molecule has 0 heterocycles. The molecule has 0 saturated carbocycles. The summed E-state index contributed by atoms with van der Waals surface area (Å²) < 4.78 is 41.6. The molecule has 0 aliphatic carbocycles. The predicted octanol–water partition coefficient (Wildman–Crippen LogP) is 4.35. The molecule has 2 aromatic carbocycles. The molecule has 110 valence electrons. The number of carbonyl (C=O) groups excluding carboxylic acids is 1. The summed E-state index contributed by atoms with van der Waals surface area (Å²) in [4.78, 5) is 10.9. The number of hydrogen-bond donors (Lipinski definition) is 0. The van der Waals surface area contributed by atoms with E-state index in [2.05, 4.69) is 4.74 Å². The number of esters is 1. The Balaban J connectivity index is 2.22. The molecule has 0 atom stereocenters. The highest BCUT2D eigenvalue weighted by molar-refractivity contribution is 14.1. The van der Waals surface area contributed by atoms with Crippen LogP contribution in [0.2, 0.25) is 0 Å². The van der Waals surface area contributed by atoms with Crippen molar-refractivity contribution in [3.63, 3.8) is 0 Å². The monoisotopic (exact) mass is 406 g/mol. The highest BCUT2D eigenvalue weighted by atomic mass is 127. The first-order valence-electron chi connectivity index (χ1n) is 5.98. The zero-order chi connectivity index (χ0) is 15.5. The topological polar surface area (TPSA) is 26.3 Å². The Kier molecular flexibility index (Phi) is 4.87. The van der Waals surface area contributed by atoms with Gasteiger partial charge in [0.15, 0.2) is 0 Å². The average Bonchev–Trinajstić information content (AvgIpc) is 2.43. The van der Waals surface area contributed by atoms with Gasteiger partial charge < -0.3 is 4.74 Å². The minimum Gasteiger partial charge on any atom is -0.419 e. The third-order valence-corrected chi connectivity index (χ3v) is 3.94. The molecule has 2 aromatic rings. The second kappa shape index (κ2) is 6.46. The number of halogens is 4. The van der Waals surface area contributed by atoms with Crippen molar-refractivity contribution in [2.75, 3.05) is 0 Å². The van der Waals surface area contributed by atoms with E-state index in [1.165, 1.54) is 6.07 Å². The van der Waals surface area contributed by atoms with Crippen LogP contribution in [-0.4, -0.2) is 12.1 Å². The molecule has 0 aliphatic rings. The van der Waals surface area contributed by atoms with Gasteiger partial charge in [0.2, 0.25) is 0 Å². The van der Waals surface area contributed by atoms with Crippen molar-refractivity contribution in [1.29, 1.82) is 0 Å². The summed E-state index contributed by atoms with van der Waals surface area (Å²) in [7, 11) is 0. The lowest BCUT2D eigenvalue weighted by Crippen LogP contribution is -2.28. The Labute approximate surface area is 133 Å². The number of ether oxygens (including phenoxy) is 1. The third-order valence-electron chi connectivity index (χ3n) is 2.71. The van der Waals surface area contributed by atoms with Gasteiger partial charge in [-0.15, -0.1) is 0 Å². The van der Waals surface area contributed by atoms with Crippen LogP contribution in [0.1, 0.15) is 11.1 Å². The SMILES string of the molecule is O=C(Oc1cccc(Cc2ccccc2)c1I)C(F)(F)F. The third kappa shape index (κ3) is 4.20. The quantitative estimate of drug-likeness (QED) is 0.431. The van der Waals surface area contributed by atoms with Crippen LogP contribution in [0.15, 0.2) is 48.5 Å². The molecule has 0 fully saturated rings. The van der Waals surface area contributed by atoms with Crippen molar-refractivity contribution in [1.82, 2.24) is 0 Å². The molecule has 0 bridgehead atoms. The predicted molar refractivity (Wildman–Crippen MR) is 80.1 cm³/mol. The van der Waals surface area contributed by atoms with E-state index >= 15 is 0 Å². The highest BCUT2D eigenvalue weighted by Gasteiger charge is 2.41. The molecule has 0 spiro atoms. The summed E-state index contributed by atoms with van der Waals surface area (Å²) in [5.41, 5.74) is 1.82. The molecule has 0 N–H and O–H groups in total. The summed E-state index contributed by atoms with van der Waals surface area (Å²) >= 11 is 1.88. The van der Waals surface area contributed by atoms with Gasteiger partial charge in [-0.05, 0) is 46.2 Å². The number of benzene rings is 2. The van der Waals surface area contributed by atoms with Crippen LogP contribution in [0.3, 0.4) is 0 Å². The second-order valence-electron chi connectivity index (χ2n) is 4.28. The summed E-state index contributed by atoms with van der Waals surface area (Å²) in [5.74, 6) is -2.29. The molecule has 2 nitrogen and oxygen atoms in total. The van der Waals surface area contributed by atoms with E-state index in [1.807, 2.05) is 52.9 Å². The molecule has 0 unspecified atom stereocenters. The molecule has 0 aliphatic heterocycles. The van der Waals surface area contributed by atoms with Crippen molar-refractivity contribution in [2.24, 2.45) is 0 Å². The average molecular weight is 406 g/mol. The minimum atomic E-state index is -5.00. The van der Waals surface area contributed by atoms with E-state index in [4.69, 9.17) is 0 Å². The number of alkyl halides is 3. The summed E-state index contributed by atoms with van der Waals surface area (Å²) in [5, 5.41) is 0. The van der Waals surface area contributed by atoms with Crippen molar-refractivity contribution in [3.8, 4) is 5.75 Å². The highest BCUT2D eigenvalue weighted by Crippen LogP contribution is 2.28. The lowest BCUT2D eigenvalue weighted by atomic mass is 10.1. The molecular formula is C15H10F3IO2. The zero-order valence-electron chi connectivity index (χ0n) is 10.7. The van der Waals surface area contributed by atoms with Crippen molar-refractivity contribution >= 4 is 28.6 Å². The Morgan fingerprint density at radius 1 is 1.05 bits per heavy atom. The first-order valence-corrected chi connectivity index (χ1v) is 7.06. The van der Waals surface area contributed by atoms with Crippen LogP contribution in [0.4, 0.5) is 13.2 Å². The van der Waals surface area contributed by atoms with E-state index in [-0.39, 0.29) is 5.75 Å². The Morgan fingerprint density at radius 2 is 1.71 bits per heavy atom. The zero-order valence-corrected chi connectivity index (χ0v) is 12.8. The van der Waals surface area contributed by atoms with Gasteiger partial charge in [-0.1, -0.05) is 42.5 Å². The second-order valence-corrected chi connectivity index (χ2v) is 5.36. The van der Waals surface area contributed by atoms with Crippen LogP contribution < -0.4 is 4.74 Å².